The Bertz CT molecular complexity index is 994. The number of nitrogens with one attached hydrogen (secondary N) is 1. The van der Waals surface area contributed by atoms with Crippen LogP contribution in [0, 0.1) is 0 Å². The molecule has 0 radical (unpaired) electrons. The predicted octanol–water partition coefficient (Wildman–Crippen LogP) is 2.73. The summed E-state index contributed by atoms with van der Waals surface area (Å²) in [5, 5.41) is 1.60. The Morgan fingerprint density at radius 2 is 2.05 bits per heavy atom. The number of fused-ring (bicyclic) bond motifs is 2. The van der Waals surface area contributed by atoms with Crippen molar-refractivity contribution in [3.63, 3.8) is 0 Å². The molecule has 0 fully saturated rings. The number of hydrogen-bond acceptors (Lipinski definition) is 5. The number of aromatic amines is 1. The van der Waals surface area contributed by atoms with E-state index < -0.39 is 0 Å². The van der Waals surface area contributed by atoms with Gasteiger partial charge in [0.05, 0.1) is 16.9 Å². The van der Waals surface area contributed by atoms with Gasteiger partial charge in [-0.1, -0.05) is 17.7 Å². The van der Waals surface area contributed by atoms with Gasteiger partial charge in [-0.3, -0.25) is 4.98 Å². The average Bonchev–Trinajstić information content (AvgIpc) is 2.96. The molecule has 0 aliphatic heterocycles. The van der Waals surface area contributed by atoms with Gasteiger partial charge in [0.25, 0.3) is 0 Å². The highest BCUT2D eigenvalue weighted by atomic mass is 35.5. The molecule has 0 aliphatic rings. The summed E-state index contributed by atoms with van der Waals surface area (Å²) in [6, 6.07) is 7.87. The van der Waals surface area contributed by atoms with Crippen molar-refractivity contribution in [1.82, 2.24) is 24.9 Å². The minimum atomic E-state index is 0.406. The van der Waals surface area contributed by atoms with Crippen molar-refractivity contribution in [2.24, 2.45) is 0 Å². The van der Waals surface area contributed by atoms with Gasteiger partial charge in [0, 0.05) is 18.0 Å². The van der Waals surface area contributed by atoms with E-state index in [0.717, 1.165) is 16.5 Å². The quantitative estimate of drug-likeness (QED) is 0.594. The first kappa shape index (κ1) is 13.0. The molecule has 0 atom stereocenters. The van der Waals surface area contributed by atoms with Crippen molar-refractivity contribution >= 4 is 39.5 Å². The van der Waals surface area contributed by atoms with Crippen LogP contribution in [0.5, 0.6) is 0 Å². The van der Waals surface area contributed by atoms with E-state index in [1.807, 2.05) is 24.3 Å². The molecule has 108 valence electrons. The molecule has 0 aliphatic carbocycles. The van der Waals surface area contributed by atoms with Gasteiger partial charge in [-0.25, -0.2) is 15.0 Å². The second kappa shape index (κ2) is 4.92. The monoisotopic (exact) mass is 310 g/mol. The Kier molecular flexibility index (Phi) is 2.90. The molecule has 22 heavy (non-hydrogen) atoms. The summed E-state index contributed by atoms with van der Waals surface area (Å²) in [6.07, 6.45) is 3.76. The summed E-state index contributed by atoms with van der Waals surface area (Å²) in [5.74, 6) is 1.04. The molecule has 0 saturated carbocycles. The zero-order chi connectivity index (χ0) is 15.1. The maximum absolute atomic E-state index is 5.99. The lowest BCUT2D eigenvalue weighted by atomic mass is 10.1. The third-order valence-electron chi connectivity index (χ3n) is 3.43. The third-order valence-corrected chi connectivity index (χ3v) is 3.64. The van der Waals surface area contributed by atoms with Crippen LogP contribution < -0.4 is 5.73 Å². The predicted molar refractivity (Wildman–Crippen MR) is 85.7 cm³/mol. The Morgan fingerprint density at radius 3 is 2.95 bits per heavy atom. The van der Waals surface area contributed by atoms with Crippen LogP contribution in [0.4, 0.5) is 5.82 Å². The van der Waals surface area contributed by atoms with Crippen molar-refractivity contribution in [3.8, 4) is 0 Å². The van der Waals surface area contributed by atoms with E-state index in [1.54, 1.807) is 12.5 Å². The zero-order valence-electron chi connectivity index (χ0n) is 11.4. The molecule has 0 saturated heterocycles. The van der Waals surface area contributed by atoms with Gasteiger partial charge in [-0.05, 0) is 23.8 Å². The highest BCUT2D eigenvalue weighted by Crippen LogP contribution is 2.20. The zero-order valence-corrected chi connectivity index (χ0v) is 12.2. The fourth-order valence-electron chi connectivity index (χ4n) is 2.43. The maximum atomic E-state index is 5.99. The molecule has 4 rings (SSSR count). The molecule has 1 aromatic carbocycles. The molecule has 3 aromatic heterocycles. The first-order chi connectivity index (χ1) is 10.7. The second-order valence-corrected chi connectivity index (χ2v) is 5.42. The van der Waals surface area contributed by atoms with Crippen molar-refractivity contribution in [3.05, 3.63) is 53.2 Å². The number of aromatic nitrogens is 5. The Hall–Kier alpha value is -2.73. The summed E-state index contributed by atoms with van der Waals surface area (Å²) in [7, 11) is 0. The van der Waals surface area contributed by atoms with E-state index in [4.69, 9.17) is 17.3 Å². The van der Waals surface area contributed by atoms with Crippen molar-refractivity contribution in [1.29, 1.82) is 0 Å². The fraction of sp³-hybridized carbons (Fsp3) is 0.0667. The molecular formula is C15H11ClN6. The molecule has 3 N–H and O–H groups in total. The molecule has 0 unspecified atom stereocenters. The number of imidazole rings is 1. The highest BCUT2D eigenvalue weighted by Gasteiger charge is 2.08. The summed E-state index contributed by atoms with van der Waals surface area (Å²) in [4.78, 5) is 20.1. The van der Waals surface area contributed by atoms with Crippen LogP contribution in [0.1, 0.15) is 11.4 Å². The second-order valence-electron chi connectivity index (χ2n) is 4.98. The topological polar surface area (TPSA) is 93.4 Å². The van der Waals surface area contributed by atoms with Crippen LogP contribution in [-0.4, -0.2) is 24.9 Å². The van der Waals surface area contributed by atoms with Gasteiger partial charge in [0.1, 0.15) is 11.3 Å². The number of anilines is 1. The van der Waals surface area contributed by atoms with Gasteiger partial charge < -0.3 is 10.7 Å². The number of benzene rings is 1. The standard InChI is InChI=1S/C15H11ClN6/c16-10-5-9-3-8(1-2-11(9)18-6-10)4-12-21-14(17)13-15(22-12)20-7-19-13/h1-3,5-7H,4H2,(H3,17,19,20,21,22). The van der Waals surface area contributed by atoms with Crippen LogP contribution in [0.15, 0.2) is 36.8 Å². The van der Waals surface area contributed by atoms with Crippen molar-refractivity contribution in [2.75, 3.05) is 5.73 Å². The Morgan fingerprint density at radius 1 is 1.14 bits per heavy atom. The summed E-state index contributed by atoms with van der Waals surface area (Å²) in [5.41, 5.74) is 9.12. The van der Waals surface area contributed by atoms with Crippen LogP contribution in [0.2, 0.25) is 5.02 Å². The Labute approximate surface area is 130 Å². The molecule has 0 spiro atoms. The van der Waals surface area contributed by atoms with Gasteiger partial charge in [0.15, 0.2) is 11.5 Å². The number of halogens is 1. The van der Waals surface area contributed by atoms with E-state index in [2.05, 4.69) is 24.9 Å². The summed E-state index contributed by atoms with van der Waals surface area (Å²) in [6.45, 7) is 0. The summed E-state index contributed by atoms with van der Waals surface area (Å²) >= 11 is 5.99. The van der Waals surface area contributed by atoms with Crippen LogP contribution in [-0.2, 0) is 6.42 Å². The van der Waals surface area contributed by atoms with Gasteiger partial charge in [0.2, 0.25) is 0 Å². The van der Waals surface area contributed by atoms with E-state index in [1.165, 1.54) is 0 Å². The van der Waals surface area contributed by atoms with E-state index in [-0.39, 0.29) is 0 Å². The molecule has 6 nitrogen and oxygen atoms in total. The lowest BCUT2D eigenvalue weighted by molar-refractivity contribution is 0.993. The van der Waals surface area contributed by atoms with E-state index >= 15 is 0 Å². The maximum Gasteiger partial charge on any atom is 0.183 e. The first-order valence-electron chi connectivity index (χ1n) is 6.69. The molecule has 0 bridgehead atoms. The lowest BCUT2D eigenvalue weighted by Gasteiger charge is -2.04. The third kappa shape index (κ3) is 2.23. The number of nitrogens with zero attached hydrogens (tertiary/aromatic N) is 4. The molecule has 3 heterocycles. The molecule has 0 amide bonds. The molecular weight excluding hydrogens is 300 g/mol. The van der Waals surface area contributed by atoms with Gasteiger partial charge >= 0.3 is 0 Å². The number of nitrogen functional groups attached to an aromatic ring is 1. The van der Waals surface area contributed by atoms with Crippen molar-refractivity contribution < 1.29 is 0 Å². The number of rotatable bonds is 2. The molecule has 4 aromatic rings. The van der Waals surface area contributed by atoms with Gasteiger partial charge in [-0.2, -0.15) is 0 Å². The average molecular weight is 311 g/mol. The smallest absolute Gasteiger partial charge is 0.183 e. The van der Waals surface area contributed by atoms with E-state index in [9.17, 15) is 0 Å². The molecule has 7 heteroatoms. The number of nitrogens with two attached hydrogens (primary N) is 1. The van der Waals surface area contributed by atoms with E-state index in [0.29, 0.717) is 34.2 Å². The van der Waals surface area contributed by atoms with Crippen LogP contribution in [0.3, 0.4) is 0 Å². The van der Waals surface area contributed by atoms with Crippen LogP contribution >= 0.6 is 11.6 Å². The summed E-state index contributed by atoms with van der Waals surface area (Å²) < 4.78 is 0. The van der Waals surface area contributed by atoms with Crippen LogP contribution in [0.25, 0.3) is 22.1 Å². The number of H-pyrrole nitrogens is 1. The number of pyridine rings is 1. The minimum absolute atomic E-state index is 0.406. The van der Waals surface area contributed by atoms with Gasteiger partial charge in [-0.15, -0.1) is 0 Å². The first-order valence-corrected chi connectivity index (χ1v) is 7.06. The normalized spacial score (nSPS) is 11.3. The van der Waals surface area contributed by atoms with Crippen molar-refractivity contribution in [2.45, 2.75) is 6.42 Å². The SMILES string of the molecule is Nc1nc(Cc2ccc3ncc(Cl)cc3c2)nc2nc[nH]c12. The minimum Gasteiger partial charge on any atom is -0.382 e. The lowest BCUT2D eigenvalue weighted by Crippen LogP contribution is -2.02. The number of hydrogen-bond donors (Lipinski definition) is 2. The highest BCUT2D eigenvalue weighted by molar-refractivity contribution is 6.31. The Balaban J connectivity index is 1.75. The fourth-order valence-corrected chi connectivity index (χ4v) is 2.59. The largest absolute Gasteiger partial charge is 0.382 e.